The average molecular weight is 352 g/mol. The van der Waals surface area contributed by atoms with Crippen LogP contribution in [0.2, 0.25) is 0 Å². The smallest absolute Gasteiger partial charge is 0.253 e. The van der Waals surface area contributed by atoms with E-state index in [2.05, 4.69) is 12.1 Å². The van der Waals surface area contributed by atoms with Crippen LogP contribution < -0.4 is 0 Å². The van der Waals surface area contributed by atoms with E-state index in [1.54, 1.807) is 4.90 Å². The van der Waals surface area contributed by atoms with E-state index in [-0.39, 0.29) is 23.5 Å². The first-order chi connectivity index (χ1) is 12.6. The molecule has 2 unspecified atom stereocenters. The lowest BCUT2D eigenvalue weighted by molar-refractivity contribution is -0.134. The Balaban J connectivity index is 1.32. The van der Waals surface area contributed by atoms with Crippen LogP contribution in [0.1, 0.15) is 28.3 Å². The van der Waals surface area contributed by atoms with Crippen LogP contribution in [0.15, 0.2) is 54.6 Å². The van der Waals surface area contributed by atoms with Crippen LogP contribution in [0, 0.1) is 11.7 Å². The fourth-order valence-electron chi connectivity index (χ4n) is 3.68. The molecular weight excluding hydrogens is 331 g/mol. The van der Waals surface area contributed by atoms with Crippen molar-refractivity contribution in [3.63, 3.8) is 0 Å². The molecule has 2 fully saturated rings. The van der Waals surface area contributed by atoms with Crippen molar-refractivity contribution in [2.45, 2.75) is 12.3 Å². The maximum Gasteiger partial charge on any atom is 0.253 e. The van der Waals surface area contributed by atoms with Crippen LogP contribution >= 0.6 is 0 Å². The maximum absolute atomic E-state index is 13.0. The molecule has 5 heteroatoms. The van der Waals surface area contributed by atoms with Crippen molar-refractivity contribution < 1.29 is 14.0 Å². The van der Waals surface area contributed by atoms with Crippen LogP contribution in [-0.2, 0) is 4.79 Å². The Hall–Kier alpha value is -2.69. The van der Waals surface area contributed by atoms with Gasteiger partial charge in [-0.05, 0) is 42.2 Å². The molecule has 4 nitrogen and oxygen atoms in total. The number of halogens is 1. The summed E-state index contributed by atoms with van der Waals surface area (Å²) in [5.74, 6) is 0.159. The quantitative estimate of drug-likeness (QED) is 0.852. The highest BCUT2D eigenvalue weighted by molar-refractivity contribution is 5.94. The van der Waals surface area contributed by atoms with E-state index in [0.29, 0.717) is 37.7 Å². The van der Waals surface area contributed by atoms with Crippen LogP contribution in [0.3, 0.4) is 0 Å². The molecule has 1 saturated heterocycles. The molecule has 1 saturated carbocycles. The predicted octanol–water partition coefficient (Wildman–Crippen LogP) is 2.91. The lowest BCUT2D eigenvalue weighted by atomic mass is 10.1. The van der Waals surface area contributed by atoms with Gasteiger partial charge in [0, 0.05) is 37.7 Å². The number of piperazine rings is 1. The molecule has 0 radical (unpaired) electrons. The fraction of sp³-hybridized carbons (Fsp3) is 0.333. The van der Waals surface area contributed by atoms with Crippen LogP contribution in [0.5, 0.6) is 0 Å². The highest BCUT2D eigenvalue weighted by atomic mass is 19.1. The number of nitrogens with zero attached hydrogens (tertiary/aromatic N) is 2. The SMILES string of the molecule is O=C(c1ccc(F)cc1)N1CCN(C(=O)C2CC2c2ccccc2)CC1. The Labute approximate surface area is 152 Å². The highest BCUT2D eigenvalue weighted by Crippen LogP contribution is 2.48. The van der Waals surface area contributed by atoms with Crippen molar-refractivity contribution in [2.24, 2.45) is 5.92 Å². The van der Waals surface area contributed by atoms with Gasteiger partial charge in [-0.25, -0.2) is 4.39 Å². The summed E-state index contributed by atoms with van der Waals surface area (Å²) in [5, 5.41) is 0. The third-order valence-electron chi connectivity index (χ3n) is 5.31. The molecule has 0 aromatic heterocycles. The number of amides is 2. The number of benzene rings is 2. The Kier molecular flexibility index (Phi) is 4.45. The van der Waals surface area contributed by atoms with Crippen LogP contribution in [0.25, 0.3) is 0 Å². The first-order valence-corrected chi connectivity index (χ1v) is 9.02. The Morgan fingerprint density at radius 1 is 0.846 bits per heavy atom. The van der Waals surface area contributed by atoms with E-state index in [4.69, 9.17) is 0 Å². The van der Waals surface area contributed by atoms with Gasteiger partial charge in [-0.3, -0.25) is 9.59 Å². The molecule has 0 spiro atoms. The van der Waals surface area contributed by atoms with Gasteiger partial charge in [0.25, 0.3) is 5.91 Å². The maximum atomic E-state index is 13.0. The molecule has 134 valence electrons. The molecule has 2 amide bonds. The third kappa shape index (κ3) is 3.34. The molecule has 0 N–H and O–H groups in total. The second-order valence-corrected chi connectivity index (χ2v) is 6.98. The van der Waals surface area contributed by atoms with Crippen LogP contribution in [0.4, 0.5) is 4.39 Å². The normalized spacial score (nSPS) is 22.2. The van der Waals surface area contributed by atoms with Gasteiger partial charge in [0.2, 0.25) is 5.91 Å². The second kappa shape index (κ2) is 6.90. The van der Waals surface area contributed by atoms with E-state index in [1.807, 2.05) is 23.1 Å². The summed E-state index contributed by atoms with van der Waals surface area (Å²) in [6.07, 6.45) is 0.914. The summed E-state index contributed by atoms with van der Waals surface area (Å²) in [5.41, 5.74) is 1.72. The summed E-state index contributed by atoms with van der Waals surface area (Å²) in [6.45, 7) is 2.16. The molecule has 2 atom stereocenters. The Bertz CT molecular complexity index is 799. The van der Waals surface area contributed by atoms with Crippen molar-refractivity contribution in [3.8, 4) is 0 Å². The van der Waals surface area contributed by atoms with Gasteiger partial charge in [-0.1, -0.05) is 30.3 Å². The Morgan fingerprint density at radius 3 is 2.12 bits per heavy atom. The van der Waals surface area contributed by atoms with Crippen molar-refractivity contribution in [1.82, 2.24) is 9.80 Å². The molecular formula is C21H21FN2O2. The fourth-order valence-corrected chi connectivity index (χ4v) is 3.68. The molecule has 2 aromatic carbocycles. The van der Waals surface area contributed by atoms with Gasteiger partial charge < -0.3 is 9.80 Å². The van der Waals surface area contributed by atoms with Crippen molar-refractivity contribution >= 4 is 11.8 Å². The number of hydrogen-bond acceptors (Lipinski definition) is 2. The number of rotatable bonds is 3. The second-order valence-electron chi connectivity index (χ2n) is 6.98. The summed E-state index contributed by atoms with van der Waals surface area (Å²) in [7, 11) is 0. The zero-order chi connectivity index (χ0) is 18.1. The van der Waals surface area contributed by atoms with Crippen molar-refractivity contribution in [3.05, 3.63) is 71.5 Å². The summed E-state index contributed by atoms with van der Waals surface area (Å²) in [4.78, 5) is 28.8. The minimum absolute atomic E-state index is 0.0803. The molecule has 2 aromatic rings. The minimum Gasteiger partial charge on any atom is -0.339 e. The molecule has 1 aliphatic carbocycles. The summed E-state index contributed by atoms with van der Waals surface area (Å²) < 4.78 is 13.0. The van der Waals surface area contributed by atoms with Gasteiger partial charge in [-0.2, -0.15) is 0 Å². The molecule has 0 bridgehead atoms. The Morgan fingerprint density at radius 2 is 1.46 bits per heavy atom. The number of carbonyl (C=O) groups is 2. The first kappa shape index (κ1) is 16.8. The van der Waals surface area contributed by atoms with E-state index < -0.39 is 0 Å². The molecule has 26 heavy (non-hydrogen) atoms. The van der Waals surface area contributed by atoms with Crippen molar-refractivity contribution in [2.75, 3.05) is 26.2 Å². The topological polar surface area (TPSA) is 40.6 Å². The summed E-state index contributed by atoms with van der Waals surface area (Å²) >= 11 is 0. The largest absolute Gasteiger partial charge is 0.339 e. The van der Waals surface area contributed by atoms with Gasteiger partial charge in [-0.15, -0.1) is 0 Å². The number of hydrogen-bond donors (Lipinski definition) is 0. The van der Waals surface area contributed by atoms with Crippen molar-refractivity contribution in [1.29, 1.82) is 0 Å². The molecule has 1 heterocycles. The lowest BCUT2D eigenvalue weighted by Crippen LogP contribution is -2.51. The molecule has 2 aliphatic rings. The van der Waals surface area contributed by atoms with Gasteiger partial charge >= 0.3 is 0 Å². The van der Waals surface area contributed by atoms with E-state index in [1.165, 1.54) is 29.8 Å². The van der Waals surface area contributed by atoms with E-state index in [0.717, 1.165) is 6.42 Å². The van der Waals surface area contributed by atoms with Gasteiger partial charge in [0.15, 0.2) is 0 Å². The highest BCUT2D eigenvalue weighted by Gasteiger charge is 2.46. The van der Waals surface area contributed by atoms with Gasteiger partial charge in [0.05, 0.1) is 0 Å². The first-order valence-electron chi connectivity index (χ1n) is 9.02. The van der Waals surface area contributed by atoms with E-state index in [9.17, 15) is 14.0 Å². The standard InChI is InChI=1S/C21H21FN2O2/c22-17-8-6-16(7-9-17)20(25)23-10-12-24(13-11-23)21(26)19-14-18(19)15-4-2-1-3-5-15/h1-9,18-19H,10-14H2. The predicted molar refractivity (Wildman–Crippen MR) is 96.2 cm³/mol. The van der Waals surface area contributed by atoms with Crippen LogP contribution in [-0.4, -0.2) is 47.8 Å². The lowest BCUT2D eigenvalue weighted by Gasteiger charge is -2.35. The molecule has 4 rings (SSSR count). The van der Waals surface area contributed by atoms with E-state index >= 15 is 0 Å². The zero-order valence-corrected chi connectivity index (χ0v) is 14.5. The zero-order valence-electron chi connectivity index (χ0n) is 14.5. The van der Waals surface area contributed by atoms with Gasteiger partial charge in [0.1, 0.15) is 5.82 Å². The minimum atomic E-state index is -0.352. The summed E-state index contributed by atoms with van der Waals surface area (Å²) in [6, 6.07) is 15.8. The third-order valence-corrected chi connectivity index (χ3v) is 5.31. The monoisotopic (exact) mass is 352 g/mol. The number of carbonyl (C=O) groups excluding carboxylic acids is 2. The molecule has 1 aliphatic heterocycles. The average Bonchev–Trinajstić information content (AvgIpc) is 3.49.